The number of hydrogen-bond donors (Lipinski definition) is 1. The molecule has 1 rings (SSSR count). The second-order valence-electron chi connectivity index (χ2n) is 4.10. The number of imidazole rings is 1. The average Bonchev–Trinajstić information content (AvgIpc) is 2.74. The highest BCUT2D eigenvalue weighted by atomic mass is 35.5. The first-order chi connectivity index (χ1) is 7.89. The Kier molecular flexibility index (Phi) is 4.57. The van der Waals surface area contributed by atoms with Crippen LogP contribution in [-0.2, 0) is 17.1 Å². The Bertz CT molecular complexity index is 457. The highest BCUT2D eigenvalue weighted by Gasteiger charge is 2.32. The van der Waals surface area contributed by atoms with Crippen molar-refractivity contribution in [2.75, 3.05) is 5.88 Å². The molecule has 0 bridgehead atoms. The first-order valence-corrected chi connectivity index (χ1v) is 7.49. The van der Waals surface area contributed by atoms with E-state index < -0.39 is 15.6 Å². The molecule has 0 atom stereocenters. The van der Waals surface area contributed by atoms with E-state index in [-0.39, 0.29) is 10.9 Å². The van der Waals surface area contributed by atoms with E-state index in [2.05, 4.69) is 9.71 Å². The third-order valence-corrected chi connectivity index (χ3v) is 4.89. The van der Waals surface area contributed by atoms with Gasteiger partial charge in [0.25, 0.3) is 10.0 Å². The summed E-state index contributed by atoms with van der Waals surface area (Å²) in [7, 11) is -1.88. The highest BCUT2D eigenvalue weighted by molar-refractivity contribution is 7.89. The summed E-state index contributed by atoms with van der Waals surface area (Å²) in [4.78, 5) is 3.84. The summed E-state index contributed by atoms with van der Waals surface area (Å²) >= 11 is 5.87. The van der Waals surface area contributed by atoms with E-state index in [1.54, 1.807) is 11.6 Å². The number of alkyl halides is 1. The lowest BCUT2D eigenvalue weighted by Crippen LogP contribution is -2.49. The molecule has 1 N–H and O–H groups in total. The minimum Gasteiger partial charge on any atom is -0.339 e. The smallest absolute Gasteiger partial charge is 0.260 e. The first kappa shape index (κ1) is 14.5. The number of nitrogens with zero attached hydrogens (tertiary/aromatic N) is 2. The van der Waals surface area contributed by atoms with Crippen LogP contribution < -0.4 is 4.72 Å². The summed E-state index contributed by atoms with van der Waals surface area (Å²) in [6, 6.07) is 0. The number of rotatable bonds is 6. The van der Waals surface area contributed by atoms with Gasteiger partial charge in [-0.2, -0.15) is 0 Å². The number of aryl methyl sites for hydroxylation is 1. The lowest BCUT2D eigenvalue weighted by molar-refractivity contribution is 0.393. The lowest BCUT2D eigenvalue weighted by atomic mass is 9.97. The molecule has 0 saturated carbocycles. The molecule has 1 aromatic rings. The Hall–Kier alpha value is -0.590. The third kappa shape index (κ3) is 3.20. The van der Waals surface area contributed by atoms with Crippen LogP contribution in [0, 0.1) is 0 Å². The minimum atomic E-state index is -3.60. The monoisotopic (exact) mass is 279 g/mol. The maximum absolute atomic E-state index is 12.1. The van der Waals surface area contributed by atoms with Crippen LogP contribution in [0.25, 0.3) is 0 Å². The molecule has 0 aromatic carbocycles. The predicted octanol–water partition coefficient (Wildman–Crippen LogP) is 1.50. The standard InChI is InChI=1S/C10H18ClN3O2S/c1-4-10(5-2,7-11)13-17(15,16)9-6-14(3)8-12-9/h6,8,13H,4-5,7H2,1-3H3. The maximum atomic E-state index is 12.1. The van der Waals surface area contributed by atoms with Gasteiger partial charge in [0.2, 0.25) is 0 Å². The summed E-state index contributed by atoms with van der Waals surface area (Å²) in [5, 5.41) is 0.0244. The molecule has 0 aliphatic rings. The molecular weight excluding hydrogens is 262 g/mol. The van der Waals surface area contributed by atoms with E-state index in [0.717, 1.165) is 0 Å². The zero-order valence-electron chi connectivity index (χ0n) is 10.3. The second kappa shape index (κ2) is 5.37. The Morgan fingerprint density at radius 2 is 2.06 bits per heavy atom. The van der Waals surface area contributed by atoms with Crippen LogP contribution in [-0.4, -0.2) is 29.4 Å². The quantitative estimate of drug-likeness (QED) is 0.803. The van der Waals surface area contributed by atoms with Gasteiger partial charge in [0.05, 0.1) is 6.33 Å². The molecule has 0 fully saturated rings. The molecule has 1 aromatic heterocycles. The molecule has 5 nitrogen and oxygen atoms in total. The Balaban J connectivity index is 3.00. The van der Waals surface area contributed by atoms with Gasteiger partial charge in [-0.25, -0.2) is 18.1 Å². The molecule has 0 amide bonds. The van der Waals surface area contributed by atoms with Crippen molar-refractivity contribution in [3.05, 3.63) is 12.5 Å². The van der Waals surface area contributed by atoms with Crippen molar-refractivity contribution in [3.63, 3.8) is 0 Å². The number of sulfonamides is 1. The van der Waals surface area contributed by atoms with Gasteiger partial charge in [0, 0.05) is 24.7 Å². The van der Waals surface area contributed by atoms with Gasteiger partial charge in [0.1, 0.15) is 0 Å². The normalized spacial score (nSPS) is 12.9. The summed E-state index contributed by atoms with van der Waals surface area (Å²) < 4.78 is 28.4. The molecule has 0 aliphatic heterocycles. The average molecular weight is 280 g/mol. The van der Waals surface area contributed by atoms with E-state index in [1.165, 1.54) is 12.5 Å². The van der Waals surface area contributed by atoms with Crippen molar-refractivity contribution in [1.29, 1.82) is 0 Å². The number of aromatic nitrogens is 2. The van der Waals surface area contributed by atoms with Gasteiger partial charge in [-0.15, -0.1) is 11.6 Å². The van der Waals surface area contributed by atoms with E-state index >= 15 is 0 Å². The summed E-state index contributed by atoms with van der Waals surface area (Å²) in [6.45, 7) is 3.82. The second-order valence-corrected chi connectivity index (χ2v) is 6.00. The number of nitrogens with one attached hydrogen (secondary N) is 1. The molecule has 7 heteroatoms. The molecule has 1 heterocycles. The van der Waals surface area contributed by atoms with Crippen molar-refractivity contribution < 1.29 is 8.42 Å². The molecule has 0 spiro atoms. The van der Waals surface area contributed by atoms with Gasteiger partial charge >= 0.3 is 0 Å². The van der Waals surface area contributed by atoms with Crippen molar-refractivity contribution in [3.8, 4) is 0 Å². The Labute approximate surface area is 107 Å². The summed E-state index contributed by atoms with van der Waals surface area (Å²) in [5.41, 5.74) is -0.599. The molecule has 0 radical (unpaired) electrons. The van der Waals surface area contributed by atoms with Gasteiger partial charge in [0.15, 0.2) is 5.03 Å². The topological polar surface area (TPSA) is 64.0 Å². The van der Waals surface area contributed by atoms with E-state index in [4.69, 9.17) is 11.6 Å². The molecule has 17 heavy (non-hydrogen) atoms. The van der Waals surface area contributed by atoms with Gasteiger partial charge < -0.3 is 4.57 Å². The first-order valence-electron chi connectivity index (χ1n) is 5.47. The van der Waals surface area contributed by atoms with E-state index in [0.29, 0.717) is 12.8 Å². The van der Waals surface area contributed by atoms with Crippen LogP contribution in [0.1, 0.15) is 26.7 Å². The fourth-order valence-electron chi connectivity index (χ4n) is 1.48. The zero-order valence-corrected chi connectivity index (χ0v) is 11.8. The van der Waals surface area contributed by atoms with Crippen molar-refractivity contribution in [2.24, 2.45) is 7.05 Å². The Morgan fingerprint density at radius 3 is 2.41 bits per heavy atom. The molecule has 0 aliphatic carbocycles. The summed E-state index contributed by atoms with van der Waals surface area (Å²) in [5.74, 6) is 0.242. The van der Waals surface area contributed by atoms with Crippen molar-refractivity contribution in [1.82, 2.24) is 14.3 Å². The van der Waals surface area contributed by atoms with Crippen LogP contribution in [0.3, 0.4) is 0 Å². The van der Waals surface area contributed by atoms with Gasteiger partial charge in [-0.05, 0) is 12.8 Å². The molecular formula is C10H18ClN3O2S. The SMILES string of the molecule is CCC(CC)(CCl)NS(=O)(=O)c1cn(C)cn1. The molecule has 0 saturated heterocycles. The van der Waals surface area contributed by atoms with Crippen molar-refractivity contribution in [2.45, 2.75) is 37.3 Å². The van der Waals surface area contributed by atoms with Gasteiger partial charge in [-0.3, -0.25) is 0 Å². The Morgan fingerprint density at radius 1 is 1.47 bits per heavy atom. The van der Waals surface area contributed by atoms with Gasteiger partial charge in [-0.1, -0.05) is 13.8 Å². The van der Waals surface area contributed by atoms with Crippen molar-refractivity contribution >= 4 is 21.6 Å². The number of halogens is 1. The summed E-state index contributed by atoms with van der Waals surface area (Å²) in [6.07, 6.45) is 4.19. The van der Waals surface area contributed by atoms with Crippen LogP contribution >= 0.6 is 11.6 Å². The number of hydrogen-bond acceptors (Lipinski definition) is 3. The van der Waals surface area contributed by atoms with Crippen LogP contribution in [0.4, 0.5) is 0 Å². The molecule has 0 unspecified atom stereocenters. The van der Waals surface area contributed by atoms with Crippen LogP contribution in [0.2, 0.25) is 0 Å². The van der Waals surface area contributed by atoms with Crippen LogP contribution in [0.5, 0.6) is 0 Å². The fourth-order valence-corrected chi connectivity index (χ4v) is 3.53. The van der Waals surface area contributed by atoms with Crippen LogP contribution in [0.15, 0.2) is 17.6 Å². The van der Waals surface area contributed by atoms with E-state index in [9.17, 15) is 8.42 Å². The predicted molar refractivity (Wildman–Crippen MR) is 67.6 cm³/mol. The fraction of sp³-hybridized carbons (Fsp3) is 0.700. The third-order valence-electron chi connectivity index (χ3n) is 2.92. The molecule has 98 valence electrons. The van der Waals surface area contributed by atoms with E-state index in [1.807, 2.05) is 13.8 Å². The largest absolute Gasteiger partial charge is 0.339 e. The highest BCUT2D eigenvalue weighted by Crippen LogP contribution is 2.20. The lowest BCUT2D eigenvalue weighted by Gasteiger charge is -2.29. The maximum Gasteiger partial charge on any atom is 0.260 e. The zero-order chi connectivity index (χ0) is 13.1. The minimum absolute atomic E-state index is 0.0244.